The lowest BCUT2D eigenvalue weighted by Crippen LogP contribution is -2.31. The van der Waals surface area contributed by atoms with Crippen LogP contribution in [-0.4, -0.2) is 48.0 Å². The van der Waals surface area contributed by atoms with Crippen molar-refractivity contribution in [3.8, 4) is 5.75 Å². The Morgan fingerprint density at radius 1 is 1.03 bits per heavy atom. The molecular weight excluding hydrogens is 432 g/mol. The number of hydrazine groups is 1. The molecule has 1 heterocycles. The monoisotopic (exact) mass is 452 g/mol. The summed E-state index contributed by atoms with van der Waals surface area (Å²) < 4.78 is 9.94. The maximum Gasteiger partial charge on any atom is 0.355 e. The number of hydrogen-bond donors (Lipinski definition) is 2. The zero-order valence-electron chi connectivity index (χ0n) is 17.9. The molecule has 0 aliphatic rings. The number of amides is 1. The predicted octanol–water partition coefficient (Wildman–Crippen LogP) is 2.70. The van der Waals surface area contributed by atoms with Gasteiger partial charge in [0, 0.05) is 7.05 Å². The number of methoxy groups -OCH3 is 2. The van der Waals surface area contributed by atoms with Gasteiger partial charge in [-0.25, -0.2) is 14.8 Å². The first-order valence-corrected chi connectivity index (χ1v) is 9.48. The van der Waals surface area contributed by atoms with Crippen molar-refractivity contribution in [2.24, 2.45) is 0 Å². The zero-order valence-corrected chi connectivity index (χ0v) is 17.9. The van der Waals surface area contributed by atoms with Gasteiger partial charge >= 0.3 is 11.7 Å². The molecule has 12 heteroatoms. The van der Waals surface area contributed by atoms with E-state index in [1.807, 2.05) is 0 Å². The first kappa shape index (κ1) is 22.9. The van der Waals surface area contributed by atoms with Crippen LogP contribution in [0.3, 0.4) is 0 Å². The second kappa shape index (κ2) is 10.0. The third-order valence-electron chi connectivity index (χ3n) is 4.62. The number of benzene rings is 2. The average Bonchev–Trinajstić information content (AvgIpc) is 2.85. The summed E-state index contributed by atoms with van der Waals surface area (Å²) in [6.45, 7) is 0. The van der Waals surface area contributed by atoms with Crippen molar-refractivity contribution in [1.82, 2.24) is 15.4 Å². The largest absolute Gasteiger partial charge is 0.496 e. The highest BCUT2D eigenvalue weighted by Gasteiger charge is 2.28. The van der Waals surface area contributed by atoms with E-state index in [1.54, 1.807) is 36.4 Å². The number of anilines is 3. The summed E-state index contributed by atoms with van der Waals surface area (Å²) in [4.78, 5) is 45.2. The fraction of sp³-hybridized carbons (Fsp3) is 0.143. The van der Waals surface area contributed by atoms with Crippen LogP contribution >= 0.6 is 0 Å². The molecule has 33 heavy (non-hydrogen) atoms. The topological polar surface area (TPSA) is 149 Å². The summed E-state index contributed by atoms with van der Waals surface area (Å²) in [6.07, 6.45) is 1.09. The second-order valence-corrected chi connectivity index (χ2v) is 6.50. The van der Waals surface area contributed by atoms with Gasteiger partial charge in [0.15, 0.2) is 0 Å². The smallest absolute Gasteiger partial charge is 0.355 e. The van der Waals surface area contributed by atoms with Crippen LogP contribution in [0.25, 0.3) is 0 Å². The number of esters is 1. The van der Waals surface area contributed by atoms with Crippen molar-refractivity contribution >= 4 is 34.9 Å². The summed E-state index contributed by atoms with van der Waals surface area (Å²) in [5, 5.41) is 11.9. The van der Waals surface area contributed by atoms with Crippen LogP contribution in [0.2, 0.25) is 0 Å². The number of hydrogen-bond acceptors (Lipinski definition) is 10. The van der Waals surface area contributed by atoms with Gasteiger partial charge in [0.2, 0.25) is 11.6 Å². The lowest BCUT2D eigenvalue weighted by atomic mass is 10.1. The van der Waals surface area contributed by atoms with Crippen molar-refractivity contribution in [2.45, 2.75) is 0 Å². The molecule has 0 fully saturated rings. The third kappa shape index (κ3) is 4.79. The Kier molecular flexibility index (Phi) is 6.98. The molecule has 0 unspecified atom stereocenters. The maximum absolute atomic E-state index is 12.5. The van der Waals surface area contributed by atoms with Crippen LogP contribution < -0.4 is 20.5 Å². The van der Waals surface area contributed by atoms with E-state index >= 15 is 0 Å². The molecule has 2 aromatic carbocycles. The molecule has 0 bridgehead atoms. The normalized spacial score (nSPS) is 10.2. The van der Waals surface area contributed by atoms with Crippen LogP contribution in [0, 0.1) is 10.1 Å². The molecule has 12 nitrogen and oxygen atoms in total. The molecule has 170 valence electrons. The number of rotatable bonds is 8. The minimum Gasteiger partial charge on any atom is -0.496 e. The lowest BCUT2D eigenvalue weighted by Gasteiger charge is -2.21. The van der Waals surface area contributed by atoms with E-state index in [1.165, 1.54) is 38.3 Å². The molecule has 0 atom stereocenters. The van der Waals surface area contributed by atoms with Crippen LogP contribution in [-0.2, 0) is 4.74 Å². The first-order chi connectivity index (χ1) is 15.9. The Morgan fingerprint density at radius 2 is 1.70 bits per heavy atom. The standard InChI is InChI=1S/C21H20N6O6/c1-26(15-10-6-4-8-13(15)21(29)33-3)19-17(27(30)31)18(22-12-23-19)24-25-20(28)14-9-5-7-11-16(14)32-2/h4-12H,1-3H3,(H,25,28)(H,22,23,24). The molecule has 0 spiro atoms. The molecule has 0 saturated heterocycles. The highest BCUT2D eigenvalue weighted by atomic mass is 16.6. The fourth-order valence-corrected chi connectivity index (χ4v) is 3.05. The van der Waals surface area contributed by atoms with Crippen LogP contribution in [0.1, 0.15) is 20.7 Å². The summed E-state index contributed by atoms with van der Waals surface area (Å²) in [6, 6.07) is 12.9. The second-order valence-electron chi connectivity index (χ2n) is 6.50. The number of nitro groups is 1. The van der Waals surface area contributed by atoms with Gasteiger partial charge in [-0.15, -0.1) is 0 Å². The van der Waals surface area contributed by atoms with Crippen LogP contribution in [0.4, 0.5) is 23.0 Å². The molecule has 2 N–H and O–H groups in total. The molecule has 1 aromatic heterocycles. The SMILES string of the molecule is COC(=O)c1ccccc1N(C)c1ncnc(NNC(=O)c2ccccc2OC)c1[N+](=O)[O-]. The quantitative estimate of drug-likeness (QED) is 0.297. The van der Waals surface area contributed by atoms with E-state index in [9.17, 15) is 19.7 Å². The van der Waals surface area contributed by atoms with Gasteiger partial charge in [0.25, 0.3) is 5.91 Å². The number of carbonyl (C=O) groups excluding carboxylic acids is 2. The molecule has 3 rings (SSSR count). The average molecular weight is 452 g/mol. The third-order valence-corrected chi connectivity index (χ3v) is 4.62. The van der Waals surface area contributed by atoms with Gasteiger partial charge in [0.05, 0.1) is 36.0 Å². The Bertz CT molecular complexity index is 1200. The highest BCUT2D eigenvalue weighted by molar-refractivity contribution is 5.98. The van der Waals surface area contributed by atoms with Crippen molar-refractivity contribution in [3.63, 3.8) is 0 Å². The minimum absolute atomic E-state index is 0.111. The Morgan fingerprint density at radius 3 is 2.36 bits per heavy atom. The van der Waals surface area contributed by atoms with Gasteiger partial charge < -0.3 is 14.4 Å². The van der Waals surface area contributed by atoms with Crippen molar-refractivity contribution < 1.29 is 24.0 Å². The number of carbonyl (C=O) groups is 2. The first-order valence-electron chi connectivity index (χ1n) is 9.48. The highest BCUT2D eigenvalue weighted by Crippen LogP contribution is 2.36. The van der Waals surface area contributed by atoms with E-state index in [0.29, 0.717) is 11.4 Å². The van der Waals surface area contributed by atoms with Gasteiger partial charge in [-0.05, 0) is 24.3 Å². The number of ether oxygens (including phenoxy) is 2. The van der Waals surface area contributed by atoms with Crippen molar-refractivity contribution in [1.29, 1.82) is 0 Å². The predicted molar refractivity (Wildman–Crippen MR) is 119 cm³/mol. The molecule has 0 aliphatic heterocycles. The van der Waals surface area contributed by atoms with Gasteiger partial charge in [-0.2, -0.15) is 0 Å². The Labute approximate surface area is 188 Å². The van der Waals surface area contributed by atoms with Crippen molar-refractivity contribution in [3.05, 3.63) is 76.1 Å². The summed E-state index contributed by atoms with van der Waals surface area (Å²) in [7, 11) is 4.16. The van der Waals surface area contributed by atoms with Gasteiger partial charge in [0.1, 0.15) is 12.1 Å². The molecule has 0 saturated carbocycles. The van der Waals surface area contributed by atoms with E-state index in [2.05, 4.69) is 20.8 Å². The van der Waals surface area contributed by atoms with Crippen LogP contribution in [0.15, 0.2) is 54.9 Å². The summed E-state index contributed by atoms with van der Waals surface area (Å²) >= 11 is 0. The van der Waals surface area contributed by atoms with E-state index in [0.717, 1.165) is 6.33 Å². The minimum atomic E-state index is -0.690. The number of aromatic nitrogens is 2. The van der Waals surface area contributed by atoms with Gasteiger partial charge in [-0.3, -0.25) is 25.8 Å². The molecule has 1 amide bonds. The zero-order chi connectivity index (χ0) is 24.0. The summed E-state index contributed by atoms with van der Waals surface area (Å²) in [5.41, 5.74) is 5.07. The van der Waals surface area contributed by atoms with E-state index in [-0.39, 0.29) is 22.8 Å². The lowest BCUT2D eigenvalue weighted by molar-refractivity contribution is -0.383. The molecule has 3 aromatic rings. The molecule has 0 aliphatic carbocycles. The van der Waals surface area contributed by atoms with E-state index in [4.69, 9.17) is 9.47 Å². The van der Waals surface area contributed by atoms with Crippen molar-refractivity contribution in [2.75, 3.05) is 31.6 Å². The number of para-hydroxylation sites is 2. The Hall–Kier alpha value is -4.74. The number of nitrogens with zero attached hydrogens (tertiary/aromatic N) is 4. The summed E-state index contributed by atoms with van der Waals surface area (Å²) in [5.74, 6) is -1.24. The van der Waals surface area contributed by atoms with E-state index < -0.39 is 22.5 Å². The maximum atomic E-state index is 12.5. The van der Waals surface area contributed by atoms with Gasteiger partial charge in [-0.1, -0.05) is 24.3 Å². The Balaban J connectivity index is 1.95. The van der Waals surface area contributed by atoms with Crippen LogP contribution in [0.5, 0.6) is 5.75 Å². The molecule has 0 radical (unpaired) electrons. The molecular formula is C21H20N6O6. The fourth-order valence-electron chi connectivity index (χ4n) is 3.05. The number of nitrogens with one attached hydrogen (secondary N) is 2.